The van der Waals surface area contributed by atoms with E-state index in [0.717, 1.165) is 6.92 Å². The van der Waals surface area contributed by atoms with Crippen LogP contribution >= 0.6 is 0 Å². The Balaban J connectivity index is 0.00000300. The molecule has 0 atom stereocenters. The van der Waals surface area contributed by atoms with E-state index in [-0.39, 0.29) is 37.1 Å². The smallest absolute Gasteiger partial charge is 0.407 e. The number of Topliss-reactive ketones (excluding diaryl/α,β-unsaturated/α-hetero) is 2. The molecule has 0 heterocycles. The molecule has 4 N–H and O–H groups in total. The van der Waals surface area contributed by atoms with E-state index in [4.69, 9.17) is 19.4 Å². The fourth-order valence-corrected chi connectivity index (χ4v) is 2.66. The lowest BCUT2D eigenvalue weighted by Crippen LogP contribution is -2.41. The Morgan fingerprint density at radius 2 is 1.51 bits per heavy atom. The zero-order chi connectivity index (χ0) is 28.7. The van der Waals surface area contributed by atoms with E-state index in [1.807, 2.05) is 0 Å². The molecule has 0 aliphatic carbocycles. The number of carbonyl (C=O) groups is 6. The molecular weight excluding hydrogens is 486 g/mol. The van der Waals surface area contributed by atoms with Gasteiger partial charge in [-0.15, -0.1) is 0 Å². The average Bonchev–Trinajstić information content (AvgIpc) is 2.78. The van der Waals surface area contributed by atoms with Crippen LogP contribution in [-0.4, -0.2) is 66.9 Å². The van der Waals surface area contributed by atoms with E-state index in [9.17, 15) is 24.0 Å². The van der Waals surface area contributed by atoms with Gasteiger partial charge in [-0.1, -0.05) is 0 Å². The molecule has 0 aliphatic rings. The van der Waals surface area contributed by atoms with Gasteiger partial charge in [-0.05, 0) is 58.4 Å². The van der Waals surface area contributed by atoms with Crippen LogP contribution < -0.4 is 20.7 Å². The second-order valence-electron chi connectivity index (χ2n) is 8.23. The molecule has 12 nitrogen and oxygen atoms in total. The van der Waals surface area contributed by atoms with Crippen LogP contribution in [0.25, 0.3) is 0 Å². The highest BCUT2D eigenvalue weighted by molar-refractivity contribution is 6.00. The molecule has 0 radical (unpaired) electrons. The SMILES string of the molecule is CC(=O)O.COc1ccc(C(C)=O)cc1CC(=O)NC(C(=O)NCC(=O)CNC(=O)OC(C)C)=C(C)C. The van der Waals surface area contributed by atoms with Gasteiger partial charge in [-0.2, -0.15) is 0 Å². The van der Waals surface area contributed by atoms with Crippen molar-refractivity contribution in [3.05, 3.63) is 40.6 Å². The summed E-state index contributed by atoms with van der Waals surface area (Å²) in [5.41, 5.74) is 1.45. The summed E-state index contributed by atoms with van der Waals surface area (Å²) >= 11 is 0. The van der Waals surface area contributed by atoms with Crippen molar-refractivity contribution in [3.63, 3.8) is 0 Å². The summed E-state index contributed by atoms with van der Waals surface area (Å²) in [5.74, 6) is -2.14. The maximum absolute atomic E-state index is 12.6. The fourth-order valence-electron chi connectivity index (χ4n) is 2.66. The molecule has 0 aliphatic heterocycles. The van der Waals surface area contributed by atoms with Crippen LogP contribution in [0.1, 0.15) is 57.5 Å². The van der Waals surface area contributed by atoms with Gasteiger partial charge in [0.2, 0.25) is 5.91 Å². The number of benzene rings is 1. The summed E-state index contributed by atoms with van der Waals surface area (Å²) in [4.78, 5) is 69.1. The van der Waals surface area contributed by atoms with Gasteiger partial charge in [0.1, 0.15) is 11.4 Å². The fraction of sp³-hybridized carbons (Fsp3) is 0.440. The Kier molecular flexibility index (Phi) is 14.6. The Bertz CT molecular complexity index is 1040. The zero-order valence-electron chi connectivity index (χ0n) is 22.1. The van der Waals surface area contributed by atoms with Crippen molar-refractivity contribution in [2.24, 2.45) is 0 Å². The van der Waals surface area contributed by atoms with Gasteiger partial charge >= 0.3 is 6.09 Å². The Labute approximate surface area is 215 Å². The lowest BCUT2D eigenvalue weighted by atomic mass is 10.0. The molecule has 1 aromatic rings. The van der Waals surface area contributed by atoms with Gasteiger partial charge in [0.15, 0.2) is 11.6 Å². The molecule has 1 rings (SSSR count). The lowest BCUT2D eigenvalue weighted by Gasteiger charge is -2.14. The van der Waals surface area contributed by atoms with Crippen LogP contribution in [0.3, 0.4) is 0 Å². The van der Waals surface area contributed by atoms with Crippen LogP contribution in [0.4, 0.5) is 4.79 Å². The predicted octanol–water partition coefficient (Wildman–Crippen LogP) is 1.76. The van der Waals surface area contributed by atoms with Crippen molar-refractivity contribution in [2.45, 2.75) is 54.1 Å². The van der Waals surface area contributed by atoms with Crippen molar-refractivity contribution in [2.75, 3.05) is 20.2 Å². The zero-order valence-corrected chi connectivity index (χ0v) is 22.1. The molecule has 0 saturated carbocycles. The van der Waals surface area contributed by atoms with Crippen molar-refractivity contribution < 1.29 is 43.3 Å². The second-order valence-corrected chi connectivity index (χ2v) is 8.23. The van der Waals surface area contributed by atoms with Crippen LogP contribution in [-0.2, 0) is 30.3 Å². The maximum atomic E-state index is 12.6. The number of nitrogens with one attached hydrogen (secondary N) is 3. The molecular formula is C25H35N3O9. The summed E-state index contributed by atoms with van der Waals surface area (Å²) in [5, 5.41) is 14.7. The molecule has 0 bridgehead atoms. The van der Waals surface area contributed by atoms with Crippen LogP contribution in [0.5, 0.6) is 5.75 Å². The molecule has 1 aromatic carbocycles. The molecule has 0 unspecified atom stereocenters. The average molecular weight is 522 g/mol. The van der Waals surface area contributed by atoms with Crippen LogP contribution in [0.15, 0.2) is 29.5 Å². The van der Waals surface area contributed by atoms with Crippen LogP contribution in [0, 0.1) is 0 Å². The molecule has 12 heteroatoms. The van der Waals surface area contributed by atoms with Crippen molar-refractivity contribution in [1.82, 2.24) is 16.0 Å². The molecule has 0 saturated heterocycles. The van der Waals surface area contributed by atoms with Gasteiger partial charge < -0.3 is 30.5 Å². The first-order valence-electron chi connectivity index (χ1n) is 11.3. The minimum atomic E-state index is -0.833. The van der Waals surface area contributed by atoms with E-state index in [2.05, 4.69) is 16.0 Å². The molecule has 204 valence electrons. The Morgan fingerprint density at radius 1 is 0.946 bits per heavy atom. The van der Waals surface area contributed by atoms with Gasteiger partial charge in [0.25, 0.3) is 11.9 Å². The lowest BCUT2D eigenvalue weighted by molar-refractivity contribution is -0.134. The first kappa shape index (κ1) is 32.8. The molecule has 3 amide bonds. The number of ketones is 2. The standard InChI is InChI=1S/C23H31N3O7.C2H4O2/c1-13(2)21(22(30)24-11-18(28)12-25-23(31)33-14(3)4)26-20(29)10-17-9-16(15(5)27)7-8-19(17)32-6;1-2(3)4/h7-9,14H,10-12H2,1-6H3,(H,24,30)(H,25,31)(H,26,29);1H3,(H,3,4). The molecule has 0 spiro atoms. The third-order valence-electron chi connectivity index (χ3n) is 4.25. The number of aliphatic carboxylic acids is 1. The van der Waals surface area contributed by atoms with Crippen molar-refractivity contribution >= 4 is 35.4 Å². The van der Waals surface area contributed by atoms with Gasteiger partial charge in [-0.3, -0.25) is 24.0 Å². The summed E-state index contributed by atoms with van der Waals surface area (Å²) in [6.07, 6.45) is -1.19. The minimum Gasteiger partial charge on any atom is -0.496 e. The quantitative estimate of drug-likeness (QED) is 0.249. The number of carbonyl (C=O) groups excluding carboxylic acids is 5. The van der Waals surface area contributed by atoms with Crippen molar-refractivity contribution in [3.8, 4) is 5.75 Å². The highest BCUT2D eigenvalue weighted by Gasteiger charge is 2.18. The number of hydrogen-bond acceptors (Lipinski definition) is 8. The number of carboxylic acids is 1. The van der Waals surface area contributed by atoms with E-state index in [1.165, 1.54) is 14.0 Å². The van der Waals surface area contributed by atoms with E-state index in [1.54, 1.807) is 45.9 Å². The topological polar surface area (TPSA) is 177 Å². The van der Waals surface area contributed by atoms with E-state index in [0.29, 0.717) is 22.4 Å². The van der Waals surface area contributed by atoms with Crippen LogP contribution in [0.2, 0.25) is 0 Å². The predicted molar refractivity (Wildman–Crippen MR) is 134 cm³/mol. The first-order valence-corrected chi connectivity index (χ1v) is 11.3. The highest BCUT2D eigenvalue weighted by atomic mass is 16.6. The van der Waals surface area contributed by atoms with Gasteiger partial charge in [0, 0.05) is 18.1 Å². The number of amides is 3. The maximum Gasteiger partial charge on any atom is 0.407 e. The van der Waals surface area contributed by atoms with E-state index >= 15 is 0 Å². The number of ether oxygens (including phenoxy) is 2. The summed E-state index contributed by atoms with van der Waals surface area (Å²) in [6.45, 7) is 8.47. The number of alkyl carbamates (subject to hydrolysis) is 1. The first-order chi connectivity index (χ1) is 17.2. The molecule has 37 heavy (non-hydrogen) atoms. The third kappa shape index (κ3) is 14.1. The minimum absolute atomic E-state index is 0.00154. The summed E-state index contributed by atoms with van der Waals surface area (Å²) in [6, 6.07) is 4.77. The number of hydrogen-bond donors (Lipinski definition) is 4. The van der Waals surface area contributed by atoms with Gasteiger partial charge in [-0.25, -0.2) is 4.79 Å². The molecule has 0 aromatic heterocycles. The second kappa shape index (κ2) is 16.5. The monoisotopic (exact) mass is 521 g/mol. The van der Waals surface area contributed by atoms with Crippen molar-refractivity contribution in [1.29, 1.82) is 0 Å². The number of allylic oxidation sites excluding steroid dienone is 1. The Morgan fingerprint density at radius 3 is 2.00 bits per heavy atom. The van der Waals surface area contributed by atoms with Gasteiger partial charge in [0.05, 0.1) is 32.7 Å². The summed E-state index contributed by atoms with van der Waals surface area (Å²) in [7, 11) is 1.45. The number of methoxy groups -OCH3 is 1. The normalized spacial score (nSPS) is 9.73. The highest BCUT2D eigenvalue weighted by Crippen LogP contribution is 2.21. The number of carboxylic acid groups (broad SMARTS) is 1. The largest absolute Gasteiger partial charge is 0.496 e. The number of rotatable bonds is 11. The third-order valence-corrected chi connectivity index (χ3v) is 4.25. The van der Waals surface area contributed by atoms with E-state index < -0.39 is 29.7 Å². The molecule has 0 fully saturated rings. The summed E-state index contributed by atoms with van der Waals surface area (Å²) < 4.78 is 10.1. The Hall–Kier alpha value is -4.22.